The van der Waals surface area contributed by atoms with Crippen molar-refractivity contribution in [2.24, 2.45) is 35.6 Å². The number of nitrogens with zero attached hydrogens (tertiary/aromatic N) is 2. The molecule has 0 aromatic carbocycles. The van der Waals surface area contributed by atoms with Crippen molar-refractivity contribution in [1.82, 2.24) is 9.78 Å². The molecular formula is C25H34N2O2. The lowest BCUT2D eigenvalue weighted by atomic mass is 9.48. The number of carbonyl (C=O) groups excluding carboxylic acids is 1. The maximum Gasteiger partial charge on any atom is 0.165 e. The van der Waals surface area contributed by atoms with Gasteiger partial charge in [-0.2, -0.15) is 5.10 Å². The van der Waals surface area contributed by atoms with E-state index < -0.39 is 0 Å². The van der Waals surface area contributed by atoms with Gasteiger partial charge in [-0.1, -0.05) is 25.5 Å². The van der Waals surface area contributed by atoms with Gasteiger partial charge in [-0.15, -0.1) is 0 Å². The van der Waals surface area contributed by atoms with Gasteiger partial charge in [-0.25, -0.2) is 0 Å². The Bertz CT molecular complexity index is 925. The molecule has 4 aliphatic rings. The number of rotatable bonds is 1. The zero-order chi connectivity index (χ0) is 20.6. The molecule has 0 saturated heterocycles. The number of hydrogen-bond donors (Lipinski definition) is 1. The lowest BCUT2D eigenvalue weighted by molar-refractivity contribution is -0.130. The minimum atomic E-state index is -0.209. The molecule has 0 aliphatic heterocycles. The van der Waals surface area contributed by atoms with Crippen LogP contribution in [-0.4, -0.2) is 26.8 Å². The molecule has 5 rings (SSSR count). The van der Waals surface area contributed by atoms with E-state index in [1.165, 1.54) is 5.57 Å². The Labute approximate surface area is 174 Å². The third-order valence-electron chi connectivity index (χ3n) is 9.32. The first-order chi connectivity index (χ1) is 13.7. The molecule has 1 aromatic heterocycles. The number of aryl methyl sites for hydroxylation is 1. The van der Waals surface area contributed by atoms with Crippen LogP contribution in [0.3, 0.4) is 0 Å². The first-order valence-corrected chi connectivity index (χ1v) is 11.4. The van der Waals surface area contributed by atoms with Gasteiger partial charge in [0.05, 0.1) is 12.3 Å². The van der Waals surface area contributed by atoms with Crippen LogP contribution < -0.4 is 0 Å². The van der Waals surface area contributed by atoms with Crippen LogP contribution in [0.15, 0.2) is 23.4 Å². The van der Waals surface area contributed by atoms with Gasteiger partial charge in [0.25, 0.3) is 0 Å². The van der Waals surface area contributed by atoms with E-state index in [9.17, 15) is 9.90 Å². The minimum Gasteiger partial charge on any atom is -0.393 e. The molecule has 1 N–H and O–H groups in total. The number of aliphatic hydroxyl groups excluding tert-OH is 1. The van der Waals surface area contributed by atoms with E-state index >= 15 is 0 Å². The number of carbonyl (C=O) groups is 1. The van der Waals surface area contributed by atoms with Gasteiger partial charge in [0.1, 0.15) is 0 Å². The third kappa shape index (κ3) is 2.67. The van der Waals surface area contributed by atoms with E-state index in [0.29, 0.717) is 23.5 Å². The maximum atomic E-state index is 13.5. The molecule has 0 spiro atoms. The predicted octanol–water partition coefficient (Wildman–Crippen LogP) is 4.61. The Morgan fingerprint density at radius 3 is 2.66 bits per heavy atom. The summed E-state index contributed by atoms with van der Waals surface area (Å²) in [4.78, 5) is 13.5. The van der Waals surface area contributed by atoms with Crippen molar-refractivity contribution in [1.29, 1.82) is 0 Å². The van der Waals surface area contributed by atoms with Crippen molar-refractivity contribution in [3.8, 4) is 0 Å². The Kier molecular flexibility index (Phi) is 4.26. The lowest BCUT2D eigenvalue weighted by Crippen LogP contribution is -2.50. The van der Waals surface area contributed by atoms with E-state index in [-0.39, 0.29) is 16.9 Å². The van der Waals surface area contributed by atoms with Crippen LogP contribution in [0.25, 0.3) is 6.08 Å². The molecular weight excluding hydrogens is 360 g/mol. The molecule has 0 unspecified atom stereocenters. The van der Waals surface area contributed by atoms with E-state index in [0.717, 1.165) is 61.8 Å². The van der Waals surface area contributed by atoms with Crippen molar-refractivity contribution < 1.29 is 9.90 Å². The summed E-state index contributed by atoms with van der Waals surface area (Å²) in [6.07, 6.45) is 13.3. The summed E-state index contributed by atoms with van der Waals surface area (Å²) in [5.74, 6) is 2.06. The number of aromatic nitrogens is 2. The highest BCUT2D eigenvalue weighted by atomic mass is 16.3. The molecule has 6 atom stereocenters. The molecule has 3 fully saturated rings. The van der Waals surface area contributed by atoms with E-state index in [1.807, 2.05) is 17.9 Å². The molecule has 29 heavy (non-hydrogen) atoms. The Hall–Kier alpha value is -1.68. The van der Waals surface area contributed by atoms with Gasteiger partial charge < -0.3 is 5.11 Å². The Morgan fingerprint density at radius 1 is 1.17 bits per heavy atom. The van der Waals surface area contributed by atoms with Gasteiger partial charge in [0.15, 0.2) is 5.78 Å². The standard InChI is InChI=1S/C25H34N2O2/c1-15-17(14-26-27(15)4)11-16-12-22-20-6-5-18-13-19(28)7-9-24(18,2)21(20)8-10-25(22,3)23(16)29/h5,11,14,19-22,28H,6-10,12-13H2,1-4H3/b16-11-/t19-,20-,21+,22+,24-,25-/m0/s1. The number of aliphatic hydroxyl groups is 1. The Morgan fingerprint density at radius 2 is 1.93 bits per heavy atom. The fraction of sp³-hybridized carbons (Fsp3) is 0.680. The third-order valence-corrected chi connectivity index (χ3v) is 9.32. The highest BCUT2D eigenvalue weighted by Crippen LogP contribution is 2.64. The van der Waals surface area contributed by atoms with Gasteiger partial charge in [0, 0.05) is 23.7 Å². The summed E-state index contributed by atoms with van der Waals surface area (Å²) in [6, 6.07) is 0. The normalized spacial score (nSPS) is 43.0. The minimum absolute atomic E-state index is 0.162. The van der Waals surface area contributed by atoms with Crippen LogP contribution in [0, 0.1) is 35.5 Å². The van der Waals surface area contributed by atoms with Crippen LogP contribution in [0.5, 0.6) is 0 Å². The highest BCUT2D eigenvalue weighted by molar-refractivity contribution is 6.06. The average Bonchev–Trinajstić information content (AvgIpc) is 3.14. The molecule has 3 saturated carbocycles. The van der Waals surface area contributed by atoms with E-state index in [1.54, 1.807) is 0 Å². The first kappa shape index (κ1) is 19.3. The molecule has 156 valence electrons. The molecule has 4 aliphatic carbocycles. The zero-order valence-corrected chi connectivity index (χ0v) is 18.2. The number of allylic oxidation sites excluding steroid dienone is 2. The van der Waals surface area contributed by atoms with Crippen LogP contribution in [0.2, 0.25) is 0 Å². The quantitative estimate of drug-likeness (QED) is 0.559. The number of hydrogen-bond acceptors (Lipinski definition) is 3. The highest BCUT2D eigenvalue weighted by Gasteiger charge is 2.59. The first-order valence-electron chi connectivity index (χ1n) is 11.4. The summed E-state index contributed by atoms with van der Waals surface area (Å²) >= 11 is 0. The zero-order valence-electron chi connectivity index (χ0n) is 18.2. The molecule has 4 nitrogen and oxygen atoms in total. The summed E-state index contributed by atoms with van der Waals surface area (Å²) in [6.45, 7) is 6.74. The number of ketones is 1. The Balaban J connectivity index is 1.49. The number of Topliss-reactive ketones (excluding diaryl/α,β-unsaturated/α-hetero) is 1. The lowest BCUT2D eigenvalue weighted by Gasteiger charge is -2.56. The van der Waals surface area contributed by atoms with Crippen LogP contribution in [0.4, 0.5) is 0 Å². The molecule has 0 amide bonds. The second kappa shape index (κ2) is 6.41. The topological polar surface area (TPSA) is 55.1 Å². The van der Waals surface area contributed by atoms with Crippen molar-refractivity contribution in [2.45, 2.75) is 71.8 Å². The fourth-order valence-electron chi connectivity index (χ4n) is 7.29. The molecule has 1 heterocycles. The van der Waals surface area contributed by atoms with Crippen molar-refractivity contribution >= 4 is 11.9 Å². The molecule has 4 heteroatoms. The predicted molar refractivity (Wildman–Crippen MR) is 114 cm³/mol. The summed E-state index contributed by atoms with van der Waals surface area (Å²) in [7, 11) is 1.95. The van der Waals surface area contributed by atoms with Gasteiger partial charge in [-0.05, 0) is 86.7 Å². The van der Waals surface area contributed by atoms with E-state index in [4.69, 9.17) is 0 Å². The smallest absolute Gasteiger partial charge is 0.165 e. The van der Waals surface area contributed by atoms with Crippen molar-refractivity contribution in [3.63, 3.8) is 0 Å². The maximum absolute atomic E-state index is 13.5. The SMILES string of the molecule is Cc1c(/C=C2/C[C@@H]3[C@H]4CC=C5C[C@@H](O)CC[C@]5(C)[C@@H]4CC[C@]3(C)C2=O)cnn1C. The largest absolute Gasteiger partial charge is 0.393 e. The second-order valence-electron chi connectivity index (χ2n) is 10.6. The average molecular weight is 395 g/mol. The van der Waals surface area contributed by atoms with Crippen molar-refractivity contribution in [3.05, 3.63) is 34.7 Å². The fourth-order valence-corrected chi connectivity index (χ4v) is 7.29. The second-order valence-corrected chi connectivity index (χ2v) is 10.6. The molecule has 1 aromatic rings. The van der Waals surface area contributed by atoms with Gasteiger partial charge in [-0.3, -0.25) is 9.48 Å². The summed E-state index contributed by atoms with van der Waals surface area (Å²) in [5, 5.41) is 14.5. The summed E-state index contributed by atoms with van der Waals surface area (Å²) in [5.41, 5.74) is 4.70. The van der Waals surface area contributed by atoms with Crippen LogP contribution in [-0.2, 0) is 11.8 Å². The van der Waals surface area contributed by atoms with Crippen molar-refractivity contribution in [2.75, 3.05) is 0 Å². The van der Waals surface area contributed by atoms with E-state index in [2.05, 4.69) is 38.0 Å². The molecule has 0 radical (unpaired) electrons. The molecule has 0 bridgehead atoms. The van der Waals surface area contributed by atoms with Crippen LogP contribution >= 0.6 is 0 Å². The number of fused-ring (bicyclic) bond motifs is 5. The monoisotopic (exact) mass is 394 g/mol. The van der Waals surface area contributed by atoms with Gasteiger partial charge in [0.2, 0.25) is 0 Å². The summed E-state index contributed by atoms with van der Waals surface area (Å²) < 4.78 is 1.88. The van der Waals surface area contributed by atoms with Crippen LogP contribution in [0.1, 0.15) is 70.1 Å². The van der Waals surface area contributed by atoms with Gasteiger partial charge >= 0.3 is 0 Å².